The first kappa shape index (κ1) is 13.1. The first-order valence-corrected chi connectivity index (χ1v) is 6.63. The molecule has 18 heavy (non-hydrogen) atoms. The number of ether oxygens (including phenoxy) is 1. The van der Waals surface area contributed by atoms with Crippen LogP contribution >= 0.6 is 0 Å². The number of hydrogen-bond acceptors (Lipinski definition) is 3. The molecular formula is C15H21NO2. The minimum Gasteiger partial charge on any atom is -0.468 e. The summed E-state index contributed by atoms with van der Waals surface area (Å²) < 4.78 is 4.88. The molecule has 0 spiro atoms. The monoisotopic (exact) mass is 247 g/mol. The molecule has 1 aromatic carbocycles. The van der Waals surface area contributed by atoms with Crippen LogP contribution in [0, 0.1) is 0 Å². The zero-order chi connectivity index (χ0) is 13.0. The van der Waals surface area contributed by atoms with Crippen LogP contribution < -0.4 is 0 Å². The van der Waals surface area contributed by atoms with Gasteiger partial charge in [-0.25, -0.2) is 0 Å². The maximum atomic E-state index is 11.7. The lowest BCUT2D eigenvalue weighted by Crippen LogP contribution is -2.39. The molecule has 1 heterocycles. The molecule has 0 N–H and O–H groups in total. The molecule has 1 aromatic rings. The first-order chi connectivity index (χ1) is 8.76. The van der Waals surface area contributed by atoms with Crippen LogP contribution in [0.1, 0.15) is 31.2 Å². The lowest BCUT2D eigenvalue weighted by atomic mass is 9.99. The van der Waals surface area contributed by atoms with Crippen molar-refractivity contribution in [2.45, 2.75) is 31.7 Å². The highest BCUT2D eigenvalue weighted by Gasteiger charge is 2.32. The maximum absolute atomic E-state index is 11.7. The average Bonchev–Trinajstić information content (AvgIpc) is 2.90. The number of nitrogens with zero attached hydrogens (tertiary/aromatic N) is 1. The minimum atomic E-state index is -0.105. The number of carbonyl (C=O) groups excluding carboxylic acids is 1. The molecule has 2 rings (SSSR count). The van der Waals surface area contributed by atoms with Gasteiger partial charge in [0.05, 0.1) is 7.11 Å². The maximum Gasteiger partial charge on any atom is 0.323 e. The second-order valence-electron chi connectivity index (χ2n) is 4.84. The number of methoxy groups -OCH3 is 1. The average molecular weight is 247 g/mol. The highest BCUT2D eigenvalue weighted by Crippen LogP contribution is 2.29. The highest BCUT2D eigenvalue weighted by molar-refractivity contribution is 5.75. The van der Waals surface area contributed by atoms with Crippen molar-refractivity contribution in [1.82, 2.24) is 4.90 Å². The largest absolute Gasteiger partial charge is 0.468 e. The van der Waals surface area contributed by atoms with Gasteiger partial charge in [0.1, 0.15) is 6.04 Å². The lowest BCUT2D eigenvalue weighted by molar-refractivity contribution is -0.146. The van der Waals surface area contributed by atoms with Crippen molar-refractivity contribution in [2.24, 2.45) is 0 Å². The minimum absolute atomic E-state index is 0.0799. The number of rotatable bonds is 4. The fraction of sp³-hybridized carbons (Fsp3) is 0.533. The molecule has 0 radical (unpaired) electrons. The zero-order valence-corrected chi connectivity index (χ0v) is 11.1. The topological polar surface area (TPSA) is 29.5 Å². The Morgan fingerprint density at radius 2 is 2.17 bits per heavy atom. The Kier molecular flexibility index (Phi) is 4.37. The second kappa shape index (κ2) is 6.01. The predicted molar refractivity (Wildman–Crippen MR) is 71.5 cm³/mol. The highest BCUT2D eigenvalue weighted by atomic mass is 16.5. The molecule has 1 aliphatic rings. The van der Waals surface area contributed by atoms with Crippen molar-refractivity contribution < 1.29 is 9.53 Å². The van der Waals surface area contributed by atoms with Gasteiger partial charge >= 0.3 is 5.97 Å². The summed E-state index contributed by atoms with van der Waals surface area (Å²) in [6.45, 7) is 3.97. The molecule has 1 fully saturated rings. The van der Waals surface area contributed by atoms with E-state index < -0.39 is 0 Å². The van der Waals surface area contributed by atoms with Gasteiger partial charge in [-0.15, -0.1) is 0 Å². The lowest BCUT2D eigenvalue weighted by Gasteiger charge is -2.24. The summed E-state index contributed by atoms with van der Waals surface area (Å²) in [7, 11) is 1.47. The van der Waals surface area contributed by atoms with Crippen molar-refractivity contribution in [3.8, 4) is 0 Å². The van der Waals surface area contributed by atoms with Gasteiger partial charge in [0.25, 0.3) is 0 Å². The summed E-state index contributed by atoms with van der Waals surface area (Å²) in [4.78, 5) is 14.0. The fourth-order valence-corrected chi connectivity index (χ4v) is 2.78. The Hall–Kier alpha value is -1.35. The van der Waals surface area contributed by atoms with Crippen LogP contribution in [-0.2, 0) is 9.53 Å². The molecule has 98 valence electrons. The van der Waals surface area contributed by atoms with Crippen LogP contribution in [0.15, 0.2) is 30.3 Å². The van der Waals surface area contributed by atoms with Gasteiger partial charge in [-0.05, 0) is 30.9 Å². The molecule has 3 nitrogen and oxygen atoms in total. The fourth-order valence-electron chi connectivity index (χ4n) is 2.78. The van der Waals surface area contributed by atoms with Crippen molar-refractivity contribution in [1.29, 1.82) is 0 Å². The third-order valence-corrected chi connectivity index (χ3v) is 3.79. The summed E-state index contributed by atoms with van der Waals surface area (Å²) in [5.41, 5.74) is 1.37. The quantitative estimate of drug-likeness (QED) is 0.765. The van der Waals surface area contributed by atoms with Crippen molar-refractivity contribution >= 4 is 5.97 Å². The number of esters is 1. The smallest absolute Gasteiger partial charge is 0.323 e. The van der Waals surface area contributed by atoms with Crippen LogP contribution in [0.4, 0.5) is 0 Å². The Labute approximate surface area is 109 Å². The molecular weight excluding hydrogens is 226 g/mol. The number of benzene rings is 1. The molecule has 0 saturated carbocycles. The van der Waals surface area contributed by atoms with Gasteiger partial charge in [-0.2, -0.15) is 0 Å². The van der Waals surface area contributed by atoms with Gasteiger partial charge in [0.15, 0.2) is 0 Å². The van der Waals surface area contributed by atoms with Crippen LogP contribution in [0.3, 0.4) is 0 Å². The van der Waals surface area contributed by atoms with E-state index in [1.165, 1.54) is 12.7 Å². The van der Waals surface area contributed by atoms with Gasteiger partial charge in [0, 0.05) is 6.54 Å². The van der Waals surface area contributed by atoms with E-state index in [4.69, 9.17) is 4.74 Å². The molecule has 0 bridgehead atoms. The normalized spacial score (nSPS) is 21.8. The van der Waals surface area contributed by atoms with E-state index in [0.717, 1.165) is 25.9 Å². The van der Waals surface area contributed by atoms with Crippen LogP contribution in [-0.4, -0.2) is 37.1 Å². The molecule has 2 atom stereocenters. The van der Waals surface area contributed by atoms with Crippen LogP contribution in [0.25, 0.3) is 0 Å². The molecule has 1 saturated heterocycles. The summed E-state index contributed by atoms with van der Waals surface area (Å²) in [5, 5.41) is 0. The SMILES string of the molecule is CC[C@@H](C(=O)OC)N1CC[C@@H](c2ccccc2)C1. The van der Waals surface area contributed by atoms with E-state index >= 15 is 0 Å². The molecule has 0 amide bonds. The first-order valence-electron chi connectivity index (χ1n) is 6.63. The third kappa shape index (κ3) is 2.72. The van der Waals surface area contributed by atoms with Crippen molar-refractivity contribution in [3.63, 3.8) is 0 Å². The Morgan fingerprint density at radius 3 is 2.78 bits per heavy atom. The van der Waals surface area contributed by atoms with Crippen LogP contribution in [0.2, 0.25) is 0 Å². The van der Waals surface area contributed by atoms with E-state index in [2.05, 4.69) is 29.2 Å². The summed E-state index contributed by atoms with van der Waals surface area (Å²) in [6, 6.07) is 10.5. The number of hydrogen-bond donors (Lipinski definition) is 0. The standard InChI is InChI=1S/C15H21NO2/c1-3-14(15(17)18-2)16-10-9-13(11-16)12-7-5-4-6-8-12/h4-8,13-14H,3,9-11H2,1-2H3/t13-,14+/m1/s1. The molecule has 0 unspecified atom stereocenters. The van der Waals surface area contributed by atoms with E-state index in [0.29, 0.717) is 5.92 Å². The Morgan fingerprint density at radius 1 is 1.44 bits per heavy atom. The summed E-state index contributed by atoms with van der Waals surface area (Å²) in [5.74, 6) is 0.441. The third-order valence-electron chi connectivity index (χ3n) is 3.79. The van der Waals surface area contributed by atoms with Gasteiger partial charge < -0.3 is 4.74 Å². The molecule has 0 aliphatic carbocycles. The number of likely N-dealkylation sites (tertiary alicyclic amines) is 1. The molecule has 0 aromatic heterocycles. The predicted octanol–water partition coefficient (Wildman–Crippen LogP) is 2.43. The van der Waals surface area contributed by atoms with Gasteiger partial charge in [-0.1, -0.05) is 37.3 Å². The molecule has 1 aliphatic heterocycles. The van der Waals surface area contributed by atoms with Crippen molar-refractivity contribution in [3.05, 3.63) is 35.9 Å². The number of carbonyl (C=O) groups is 1. The zero-order valence-electron chi connectivity index (χ0n) is 11.1. The van der Waals surface area contributed by atoms with E-state index in [9.17, 15) is 4.79 Å². The van der Waals surface area contributed by atoms with E-state index in [1.54, 1.807) is 0 Å². The Bertz CT molecular complexity index is 391. The van der Waals surface area contributed by atoms with Gasteiger partial charge in [0.2, 0.25) is 0 Å². The van der Waals surface area contributed by atoms with Gasteiger partial charge in [-0.3, -0.25) is 9.69 Å². The van der Waals surface area contributed by atoms with E-state index in [1.807, 2.05) is 13.0 Å². The molecule has 3 heteroatoms. The van der Waals surface area contributed by atoms with Crippen LogP contribution in [0.5, 0.6) is 0 Å². The van der Waals surface area contributed by atoms with Crippen molar-refractivity contribution in [2.75, 3.05) is 20.2 Å². The summed E-state index contributed by atoms with van der Waals surface area (Å²) in [6.07, 6.45) is 1.94. The van der Waals surface area contributed by atoms with E-state index in [-0.39, 0.29) is 12.0 Å². The Balaban J connectivity index is 2.01. The second-order valence-corrected chi connectivity index (χ2v) is 4.84. The summed E-state index contributed by atoms with van der Waals surface area (Å²) >= 11 is 0.